The molecule has 4 aromatic rings. The van der Waals surface area contributed by atoms with E-state index >= 15 is 0 Å². The van der Waals surface area contributed by atoms with E-state index in [-0.39, 0.29) is 5.88 Å². The molecular formula is C27H26N4O7. The average Bonchev–Trinajstić information content (AvgIpc) is 3.50. The Hall–Kier alpha value is -4.35. The number of benzene rings is 2. The number of nitrogens with zero attached hydrogens (tertiary/aromatic N) is 4. The van der Waals surface area contributed by atoms with Crippen molar-refractivity contribution in [1.29, 1.82) is 0 Å². The summed E-state index contributed by atoms with van der Waals surface area (Å²) in [6.07, 6.45) is -1.55. The van der Waals surface area contributed by atoms with E-state index < -0.39 is 43.1 Å². The van der Waals surface area contributed by atoms with Gasteiger partial charge < -0.3 is 24.1 Å². The molecule has 0 spiro atoms. The second-order valence-electron chi connectivity index (χ2n) is 8.93. The average molecular weight is 519 g/mol. The Morgan fingerprint density at radius 1 is 0.895 bits per heavy atom. The summed E-state index contributed by atoms with van der Waals surface area (Å²) in [4.78, 5) is 38.9. The highest BCUT2D eigenvalue weighted by molar-refractivity contribution is 5.90. The van der Waals surface area contributed by atoms with Crippen molar-refractivity contribution in [3.8, 4) is 5.88 Å². The first-order valence-corrected chi connectivity index (χ1v) is 11.9. The SMILES string of the molecule is COc1ncnc2c1ncn2[C@@H]1O[C@H](CO)[C@@H](OC(=O)c2ccc(C)cc2)[C@@H]1OC(=O)c1ccc(C)cc1. The number of aromatic nitrogens is 4. The van der Waals surface area contributed by atoms with Crippen LogP contribution in [0.1, 0.15) is 38.1 Å². The van der Waals surface area contributed by atoms with Crippen LogP contribution in [0.25, 0.3) is 11.2 Å². The predicted octanol–water partition coefficient (Wildman–Crippen LogP) is 2.79. The van der Waals surface area contributed by atoms with Crippen molar-refractivity contribution in [2.24, 2.45) is 0 Å². The summed E-state index contributed by atoms with van der Waals surface area (Å²) in [7, 11) is 1.46. The molecule has 0 radical (unpaired) electrons. The van der Waals surface area contributed by atoms with Crippen molar-refractivity contribution in [3.63, 3.8) is 0 Å². The smallest absolute Gasteiger partial charge is 0.338 e. The predicted molar refractivity (Wildman–Crippen MR) is 134 cm³/mol. The highest BCUT2D eigenvalue weighted by Crippen LogP contribution is 2.37. The number of hydrogen-bond donors (Lipinski definition) is 1. The van der Waals surface area contributed by atoms with Crippen LogP contribution in [-0.2, 0) is 14.2 Å². The minimum Gasteiger partial charge on any atom is -0.479 e. The highest BCUT2D eigenvalue weighted by Gasteiger charge is 2.51. The lowest BCUT2D eigenvalue weighted by Crippen LogP contribution is -2.40. The number of esters is 2. The zero-order chi connectivity index (χ0) is 26.8. The van der Waals surface area contributed by atoms with E-state index in [4.69, 9.17) is 18.9 Å². The largest absolute Gasteiger partial charge is 0.479 e. The number of aliphatic hydroxyl groups excluding tert-OH is 1. The van der Waals surface area contributed by atoms with Crippen LogP contribution in [0, 0.1) is 13.8 Å². The van der Waals surface area contributed by atoms with E-state index in [1.807, 2.05) is 13.8 Å². The molecule has 1 saturated heterocycles. The van der Waals surface area contributed by atoms with Crippen molar-refractivity contribution < 1.29 is 33.6 Å². The van der Waals surface area contributed by atoms with Gasteiger partial charge in [0, 0.05) is 0 Å². The first-order chi connectivity index (χ1) is 18.4. The summed E-state index contributed by atoms with van der Waals surface area (Å²) in [5.74, 6) is -1.04. The lowest BCUT2D eigenvalue weighted by molar-refractivity contribution is -0.0566. The number of rotatable bonds is 7. The number of ether oxygens (including phenoxy) is 4. The standard InChI is InChI=1S/C27H26N4O7/c1-15-4-8-17(9-5-15)26(33)37-21-19(12-32)36-25(22(21)38-27(34)18-10-6-16(2)7-11-18)31-14-30-20-23(31)28-13-29-24(20)35-3/h4-11,13-14,19,21-22,25,32H,12H2,1-3H3/t19-,21-,22+,25-/m1/s1. The topological polar surface area (TPSA) is 135 Å². The summed E-state index contributed by atoms with van der Waals surface area (Å²) in [6, 6.07) is 13.7. The zero-order valence-corrected chi connectivity index (χ0v) is 21.0. The first kappa shape index (κ1) is 25.3. The monoisotopic (exact) mass is 518 g/mol. The van der Waals surface area contributed by atoms with Crippen LogP contribution in [0.3, 0.4) is 0 Å². The molecule has 0 bridgehead atoms. The summed E-state index contributed by atoms with van der Waals surface area (Å²) in [6.45, 7) is 3.31. The Kier molecular flexibility index (Phi) is 7.03. The number of methoxy groups -OCH3 is 1. The fourth-order valence-corrected chi connectivity index (χ4v) is 4.28. The van der Waals surface area contributed by atoms with Crippen molar-refractivity contribution in [1.82, 2.24) is 19.5 Å². The van der Waals surface area contributed by atoms with Gasteiger partial charge in [-0.05, 0) is 38.1 Å². The molecule has 38 heavy (non-hydrogen) atoms. The molecule has 196 valence electrons. The molecular weight excluding hydrogens is 492 g/mol. The van der Waals surface area contributed by atoms with Gasteiger partial charge in [0.25, 0.3) is 0 Å². The van der Waals surface area contributed by atoms with Gasteiger partial charge in [0.15, 0.2) is 29.6 Å². The molecule has 1 N–H and O–H groups in total. The molecule has 3 heterocycles. The van der Waals surface area contributed by atoms with E-state index in [9.17, 15) is 14.7 Å². The Bertz CT molecular complexity index is 1450. The van der Waals surface area contributed by atoms with Crippen molar-refractivity contribution in [3.05, 3.63) is 83.4 Å². The number of carbonyl (C=O) groups is 2. The summed E-state index contributed by atoms with van der Waals surface area (Å²) < 4.78 is 24.6. The maximum atomic E-state index is 13.2. The molecule has 1 aliphatic heterocycles. The van der Waals surface area contributed by atoms with Gasteiger partial charge in [-0.2, -0.15) is 4.98 Å². The van der Waals surface area contributed by atoms with E-state index in [1.54, 1.807) is 48.5 Å². The second kappa shape index (κ2) is 10.6. The van der Waals surface area contributed by atoms with Crippen molar-refractivity contribution >= 4 is 23.1 Å². The molecule has 11 heteroatoms. The van der Waals surface area contributed by atoms with Crippen LogP contribution < -0.4 is 4.74 Å². The number of carbonyl (C=O) groups excluding carboxylic acids is 2. The lowest BCUT2D eigenvalue weighted by atomic mass is 10.1. The van der Waals surface area contributed by atoms with Gasteiger partial charge in [-0.15, -0.1) is 0 Å². The molecule has 11 nitrogen and oxygen atoms in total. The van der Waals surface area contributed by atoms with E-state index in [1.165, 1.54) is 24.3 Å². The van der Waals surface area contributed by atoms with Gasteiger partial charge in [-0.25, -0.2) is 19.6 Å². The minimum atomic E-state index is -1.14. The van der Waals surface area contributed by atoms with Gasteiger partial charge >= 0.3 is 11.9 Å². The fourth-order valence-electron chi connectivity index (χ4n) is 4.28. The highest BCUT2D eigenvalue weighted by atomic mass is 16.6. The van der Waals surface area contributed by atoms with Crippen molar-refractivity contribution in [2.45, 2.75) is 38.4 Å². The minimum absolute atomic E-state index is 0.251. The molecule has 0 saturated carbocycles. The van der Waals surface area contributed by atoms with Crippen LogP contribution >= 0.6 is 0 Å². The van der Waals surface area contributed by atoms with Gasteiger partial charge in [0.2, 0.25) is 5.88 Å². The maximum absolute atomic E-state index is 13.2. The Morgan fingerprint density at radius 3 is 2.03 bits per heavy atom. The molecule has 0 unspecified atom stereocenters. The van der Waals surface area contributed by atoms with Crippen LogP contribution in [0.4, 0.5) is 0 Å². The first-order valence-electron chi connectivity index (χ1n) is 11.9. The molecule has 0 aliphatic carbocycles. The third-order valence-corrected chi connectivity index (χ3v) is 6.32. The Labute approximate surface area is 218 Å². The Morgan fingerprint density at radius 2 is 1.47 bits per heavy atom. The van der Waals surface area contributed by atoms with E-state index in [2.05, 4.69) is 15.0 Å². The maximum Gasteiger partial charge on any atom is 0.338 e. The molecule has 2 aromatic heterocycles. The van der Waals surface area contributed by atoms with Gasteiger partial charge in [0.05, 0.1) is 31.2 Å². The number of aliphatic hydroxyl groups is 1. The molecule has 1 aliphatic rings. The van der Waals surface area contributed by atoms with E-state index in [0.29, 0.717) is 22.3 Å². The molecule has 0 amide bonds. The summed E-state index contributed by atoms with van der Waals surface area (Å²) in [5.41, 5.74) is 3.29. The molecule has 1 fully saturated rings. The van der Waals surface area contributed by atoms with Crippen LogP contribution in [0.2, 0.25) is 0 Å². The molecule has 4 atom stereocenters. The van der Waals surface area contributed by atoms with Gasteiger partial charge in [-0.3, -0.25) is 4.57 Å². The fraction of sp³-hybridized carbons (Fsp3) is 0.296. The lowest BCUT2D eigenvalue weighted by Gasteiger charge is -2.24. The number of imidazole rings is 1. The normalized spacial score (nSPS) is 20.8. The third kappa shape index (κ3) is 4.81. The number of fused-ring (bicyclic) bond motifs is 1. The van der Waals surface area contributed by atoms with E-state index in [0.717, 1.165) is 11.1 Å². The van der Waals surface area contributed by atoms with Crippen LogP contribution in [0.5, 0.6) is 5.88 Å². The summed E-state index contributed by atoms with van der Waals surface area (Å²) in [5, 5.41) is 10.1. The Balaban J connectivity index is 1.52. The molecule has 2 aromatic carbocycles. The number of hydrogen-bond acceptors (Lipinski definition) is 10. The zero-order valence-electron chi connectivity index (χ0n) is 21.0. The van der Waals surface area contributed by atoms with Gasteiger partial charge in [0.1, 0.15) is 12.4 Å². The third-order valence-electron chi connectivity index (χ3n) is 6.32. The number of aryl methyl sites for hydroxylation is 2. The van der Waals surface area contributed by atoms with Crippen LogP contribution in [-0.4, -0.2) is 68.6 Å². The quantitative estimate of drug-likeness (QED) is 0.364. The summed E-state index contributed by atoms with van der Waals surface area (Å²) >= 11 is 0. The second-order valence-corrected chi connectivity index (χ2v) is 8.93. The van der Waals surface area contributed by atoms with Crippen LogP contribution in [0.15, 0.2) is 61.2 Å². The molecule has 5 rings (SSSR count). The van der Waals surface area contributed by atoms with Gasteiger partial charge in [-0.1, -0.05) is 35.4 Å². The van der Waals surface area contributed by atoms with Crippen molar-refractivity contribution in [2.75, 3.05) is 13.7 Å².